The van der Waals surface area contributed by atoms with E-state index in [2.05, 4.69) is 33.0 Å². The number of methoxy groups -OCH3 is 1. The van der Waals surface area contributed by atoms with Crippen LogP contribution in [-0.4, -0.2) is 26.3 Å². The maximum atomic E-state index is 5.22. The lowest BCUT2D eigenvalue weighted by Gasteiger charge is -2.27. The molecule has 0 saturated carbocycles. The van der Waals surface area contributed by atoms with Crippen LogP contribution in [0, 0.1) is 11.8 Å². The van der Waals surface area contributed by atoms with Gasteiger partial charge in [-0.1, -0.05) is 34.1 Å². The van der Waals surface area contributed by atoms with Gasteiger partial charge in [0.25, 0.3) is 0 Å². The van der Waals surface area contributed by atoms with Gasteiger partial charge in [-0.3, -0.25) is 0 Å². The molecule has 0 radical (unpaired) electrons. The Kier molecular flexibility index (Phi) is 10.0. The van der Waals surface area contributed by atoms with Crippen LogP contribution in [0.25, 0.3) is 0 Å². The minimum Gasteiger partial charge on any atom is -0.384 e. The van der Waals surface area contributed by atoms with Gasteiger partial charge in [-0.15, -0.1) is 0 Å². The first-order chi connectivity index (χ1) is 7.65. The Bertz CT molecular complexity index is 150. The van der Waals surface area contributed by atoms with E-state index < -0.39 is 0 Å². The van der Waals surface area contributed by atoms with Crippen molar-refractivity contribution in [3.05, 3.63) is 0 Å². The second kappa shape index (κ2) is 10.1. The molecule has 3 atom stereocenters. The highest BCUT2D eigenvalue weighted by Crippen LogP contribution is 2.18. The van der Waals surface area contributed by atoms with Crippen molar-refractivity contribution in [2.75, 3.05) is 20.3 Å². The van der Waals surface area contributed by atoms with Crippen molar-refractivity contribution in [3.63, 3.8) is 0 Å². The summed E-state index contributed by atoms with van der Waals surface area (Å²) >= 11 is 0. The highest BCUT2D eigenvalue weighted by molar-refractivity contribution is 4.75. The molecular formula is C14H31NO. The molecule has 2 heteroatoms. The lowest BCUT2D eigenvalue weighted by atomic mass is 9.89. The topological polar surface area (TPSA) is 21.3 Å². The van der Waals surface area contributed by atoms with Crippen molar-refractivity contribution in [3.8, 4) is 0 Å². The second-order valence-corrected chi connectivity index (χ2v) is 5.12. The average Bonchev–Trinajstić information content (AvgIpc) is 2.24. The summed E-state index contributed by atoms with van der Waals surface area (Å²) in [5.74, 6) is 1.43. The van der Waals surface area contributed by atoms with Gasteiger partial charge in [0.2, 0.25) is 0 Å². The molecule has 0 aliphatic carbocycles. The van der Waals surface area contributed by atoms with Gasteiger partial charge in [0.15, 0.2) is 0 Å². The maximum Gasteiger partial charge on any atom is 0.0488 e. The van der Waals surface area contributed by atoms with Gasteiger partial charge in [0.1, 0.15) is 0 Å². The van der Waals surface area contributed by atoms with E-state index in [1.54, 1.807) is 7.11 Å². The highest BCUT2D eigenvalue weighted by Gasteiger charge is 2.18. The Hall–Kier alpha value is -0.0800. The van der Waals surface area contributed by atoms with Gasteiger partial charge in [0.05, 0.1) is 0 Å². The van der Waals surface area contributed by atoms with E-state index in [-0.39, 0.29) is 0 Å². The van der Waals surface area contributed by atoms with Crippen LogP contribution in [-0.2, 0) is 4.74 Å². The van der Waals surface area contributed by atoms with Gasteiger partial charge < -0.3 is 10.1 Å². The molecule has 0 aromatic carbocycles. The van der Waals surface area contributed by atoms with Crippen LogP contribution in [0.4, 0.5) is 0 Å². The van der Waals surface area contributed by atoms with Crippen molar-refractivity contribution in [2.24, 2.45) is 11.8 Å². The van der Waals surface area contributed by atoms with Crippen LogP contribution in [0.1, 0.15) is 53.4 Å². The molecule has 0 fully saturated rings. The van der Waals surface area contributed by atoms with Gasteiger partial charge in [-0.05, 0) is 37.6 Å². The lowest BCUT2D eigenvalue weighted by molar-refractivity contribution is 0.143. The van der Waals surface area contributed by atoms with Crippen molar-refractivity contribution in [1.82, 2.24) is 5.32 Å². The minimum atomic E-state index is 0.652. The third-order valence-corrected chi connectivity index (χ3v) is 3.19. The van der Waals surface area contributed by atoms with Crippen molar-refractivity contribution in [1.29, 1.82) is 0 Å². The smallest absolute Gasteiger partial charge is 0.0488 e. The van der Waals surface area contributed by atoms with Crippen LogP contribution >= 0.6 is 0 Å². The quantitative estimate of drug-likeness (QED) is 0.619. The summed E-state index contributed by atoms with van der Waals surface area (Å²) in [6.45, 7) is 11.2. The molecule has 0 spiro atoms. The third-order valence-electron chi connectivity index (χ3n) is 3.19. The zero-order chi connectivity index (χ0) is 12.4. The summed E-state index contributed by atoms with van der Waals surface area (Å²) in [7, 11) is 1.79. The normalized spacial score (nSPS) is 17.1. The molecule has 0 rings (SSSR count). The molecule has 0 aliphatic rings. The summed E-state index contributed by atoms with van der Waals surface area (Å²) < 4.78 is 5.22. The van der Waals surface area contributed by atoms with Crippen molar-refractivity contribution < 1.29 is 4.74 Å². The maximum absolute atomic E-state index is 5.22. The molecule has 98 valence electrons. The van der Waals surface area contributed by atoms with E-state index in [1.165, 1.54) is 25.7 Å². The molecule has 16 heavy (non-hydrogen) atoms. The van der Waals surface area contributed by atoms with Crippen molar-refractivity contribution in [2.45, 2.75) is 59.4 Å². The largest absolute Gasteiger partial charge is 0.384 e. The summed E-state index contributed by atoms with van der Waals surface area (Å²) in [4.78, 5) is 0. The summed E-state index contributed by atoms with van der Waals surface area (Å²) in [6, 6.07) is 0.657. The van der Waals surface area contributed by atoms with Crippen LogP contribution in [0.2, 0.25) is 0 Å². The number of rotatable bonds is 10. The first-order valence-electron chi connectivity index (χ1n) is 6.87. The Morgan fingerprint density at radius 3 is 2.31 bits per heavy atom. The fraction of sp³-hybridized carbons (Fsp3) is 1.00. The zero-order valence-corrected chi connectivity index (χ0v) is 11.9. The minimum absolute atomic E-state index is 0.652. The molecule has 0 amide bonds. The molecule has 0 heterocycles. The van der Waals surface area contributed by atoms with Gasteiger partial charge in [-0.2, -0.15) is 0 Å². The predicted octanol–water partition coefficient (Wildman–Crippen LogP) is 3.46. The molecule has 0 aromatic rings. The SMILES string of the molecule is CCCNC(CC(C)COC)C(C)CCC. The van der Waals surface area contributed by atoms with Crippen LogP contribution < -0.4 is 5.32 Å². The first-order valence-corrected chi connectivity index (χ1v) is 6.87. The van der Waals surface area contributed by atoms with E-state index >= 15 is 0 Å². The highest BCUT2D eigenvalue weighted by atomic mass is 16.5. The molecule has 3 unspecified atom stereocenters. The Morgan fingerprint density at radius 2 is 1.81 bits per heavy atom. The molecule has 2 nitrogen and oxygen atoms in total. The van der Waals surface area contributed by atoms with Crippen LogP contribution in [0.5, 0.6) is 0 Å². The lowest BCUT2D eigenvalue weighted by Crippen LogP contribution is -2.37. The molecule has 0 bridgehead atoms. The number of ether oxygens (including phenoxy) is 1. The van der Waals surface area contributed by atoms with Gasteiger partial charge >= 0.3 is 0 Å². The van der Waals surface area contributed by atoms with E-state index in [1.807, 2.05) is 0 Å². The molecule has 0 saturated heterocycles. The fourth-order valence-corrected chi connectivity index (χ4v) is 2.29. The summed E-state index contributed by atoms with van der Waals surface area (Å²) in [5, 5.41) is 3.69. The zero-order valence-electron chi connectivity index (χ0n) is 11.9. The van der Waals surface area contributed by atoms with Crippen LogP contribution in [0.15, 0.2) is 0 Å². The van der Waals surface area contributed by atoms with E-state index in [9.17, 15) is 0 Å². The van der Waals surface area contributed by atoms with E-state index in [4.69, 9.17) is 4.74 Å². The molecule has 1 N–H and O–H groups in total. The van der Waals surface area contributed by atoms with Gasteiger partial charge in [0, 0.05) is 19.8 Å². The predicted molar refractivity (Wildman–Crippen MR) is 71.8 cm³/mol. The average molecular weight is 229 g/mol. The first kappa shape index (κ1) is 15.9. The fourth-order valence-electron chi connectivity index (χ4n) is 2.29. The second-order valence-electron chi connectivity index (χ2n) is 5.12. The standard InChI is InChI=1S/C14H31NO/c1-6-8-13(4)14(15-9-7-2)10-12(3)11-16-5/h12-15H,6-11H2,1-5H3. The Balaban J connectivity index is 4.07. The van der Waals surface area contributed by atoms with Crippen LogP contribution in [0.3, 0.4) is 0 Å². The van der Waals surface area contributed by atoms with E-state index in [0.29, 0.717) is 12.0 Å². The number of hydrogen-bond donors (Lipinski definition) is 1. The monoisotopic (exact) mass is 229 g/mol. The molecule has 0 aromatic heterocycles. The summed E-state index contributed by atoms with van der Waals surface area (Å²) in [5.41, 5.74) is 0. The van der Waals surface area contributed by atoms with Gasteiger partial charge in [-0.25, -0.2) is 0 Å². The Morgan fingerprint density at radius 1 is 1.12 bits per heavy atom. The third kappa shape index (κ3) is 7.24. The molecular weight excluding hydrogens is 198 g/mol. The summed E-state index contributed by atoms with van der Waals surface area (Å²) in [6.07, 6.45) is 5.05. The number of hydrogen-bond acceptors (Lipinski definition) is 2. The van der Waals surface area contributed by atoms with Crippen molar-refractivity contribution >= 4 is 0 Å². The molecule has 0 aliphatic heterocycles. The van der Waals surface area contributed by atoms with E-state index in [0.717, 1.165) is 19.1 Å². The Labute approximate surface area is 102 Å². The number of nitrogens with one attached hydrogen (secondary N) is 1.